The summed E-state index contributed by atoms with van der Waals surface area (Å²) < 4.78 is 53.5. The minimum atomic E-state index is -5.15. The van der Waals surface area contributed by atoms with E-state index in [0.717, 1.165) is 12.1 Å². The summed E-state index contributed by atoms with van der Waals surface area (Å²) in [5, 5.41) is 14.2. The Labute approximate surface area is 150 Å². The maximum absolute atomic E-state index is 13.5. The van der Waals surface area contributed by atoms with E-state index in [1.165, 1.54) is 36.4 Å². The van der Waals surface area contributed by atoms with Crippen molar-refractivity contribution in [2.75, 3.05) is 0 Å². The minimum absolute atomic E-state index is 0.00886. The van der Waals surface area contributed by atoms with Crippen LogP contribution in [0.2, 0.25) is 5.02 Å². The number of aliphatic hydroxyl groups is 1. The summed E-state index contributed by atoms with van der Waals surface area (Å²) in [6, 6.07) is 9.68. The fourth-order valence-electron chi connectivity index (χ4n) is 2.50. The van der Waals surface area contributed by atoms with Gasteiger partial charge in [0.15, 0.2) is 0 Å². The Hall–Kier alpha value is -2.45. The average molecular weight is 387 g/mol. The third-order valence-corrected chi connectivity index (χ3v) is 4.15. The maximum Gasteiger partial charge on any atom is 0.438 e. The molecule has 1 unspecified atom stereocenters. The molecular weight excluding hydrogens is 376 g/mol. The molecule has 1 N–H and O–H groups in total. The monoisotopic (exact) mass is 386 g/mol. The molecule has 0 spiro atoms. The lowest BCUT2D eigenvalue weighted by Gasteiger charge is -2.32. The lowest BCUT2D eigenvalue weighted by molar-refractivity contribution is -0.297. The van der Waals surface area contributed by atoms with Gasteiger partial charge < -0.3 is 5.11 Å². The molecule has 1 amide bonds. The second kappa shape index (κ2) is 6.37. The lowest BCUT2D eigenvalue weighted by Crippen LogP contribution is -2.56. The Bertz CT molecular complexity index is 866. The third kappa shape index (κ3) is 3.17. The summed E-state index contributed by atoms with van der Waals surface area (Å²) in [7, 11) is 0. The van der Waals surface area contributed by atoms with E-state index in [1.807, 2.05) is 0 Å². The number of rotatable bonds is 2. The molecule has 3 rings (SSSR count). The largest absolute Gasteiger partial charge is 0.438 e. The molecule has 2 aromatic rings. The molecule has 0 saturated carbocycles. The molecular formula is C17H11ClF4N2O2. The lowest BCUT2D eigenvalue weighted by atomic mass is 10.0. The molecule has 1 heterocycles. The normalized spacial score (nSPS) is 20.2. The van der Waals surface area contributed by atoms with Crippen molar-refractivity contribution in [3.63, 3.8) is 0 Å². The summed E-state index contributed by atoms with van der Waals surface area (Å²) >= 11 is 5.71. The first-order valence-electron chi connectivity index (χ1n) is 7.34. The number of carbonyl (C=O) groups is 1. The van der Waals surface area contributed by atoms with Gasteiger partial charge in [0.2, 0.25) is 0 Å². The number of alkyl halides is 3. The van der Waals surface area contributed by atoms with Gasteiger partial charge >= 0.3 is 6.18 Å². The first kappa shape index (κ1) is 18.3. The van der Waals surface area contributed by atoms with Crippen LogP contribution in [0.3, 0.4) is 0 Å². The second-order valence-electron chi connectivity index (χ2n) is 5.67. The molecule has 0 aliphatic carbocycles. The van der Waals surface area contributed by atoms with Crippen LogP contribution in [0.1, 0.15) is 22.3 Å². The predicted molar refractivity (Wildman–Crippen MR) is 86.2 cm³/mol. The summed E-state index contributed by atoms with van der Waals surface area (Å²) in [5.41, 5.74) is -3.65. The van der Waals surface area contributed by atoms with E-state index in [-0.39, 0.29) is 21.8 Å². The van der Waals surface area contributed by atoms with Crippen molar-refractivity contribution in [1.82, 2.24) is 5.01 Å². The molecule has 4 nitrogen and oxygen atoms in total. The Morgan fingerprint density at radius 1 is 1.12 bits per heavy atom. The molecule has 0 saturated heterocycles. The van der Waals surface area contributed by atoms with Crippen LogP contribution in [0.5, 0.6) is 0 Å². The standard InChI is InChI=1S/C17H11ClF4N2O2/c18-12-5-1-11(2-6-12)15(25)24-16(26,17(20,21)22)9-14(23-24)10-3-7-13(19)8-4-10/h1-8,26H,9H2. The SMILES string of the molecule is O=C(c1ccc(Cl)cc1)N1N=C(c2ccc(F)cc2)CC1(O)C(F)(F)F. The van der Waals surface area contributed by atoms with Gasteiger partial charge in [-0.2, -0.15) is 23.3 Å². The molecule has 1 atom stereocenters. The Balaban J connectivity index is 2.03. The van der Waals surface area contributed by atoms with Gasteiger partial charge in [0.25, 0.3) is 11.6 Å². The topological polar surface area (TPSA) is 52.9 Å². The van der Waals surface area contributed by atoms with Gasteiger partial charge in [0, 0.05) is 10.6 Å². The quantitative estimate of drug-likeness (QED) is 0.794. The fourth-order valence-corrected chi connectivity index (χ4v) is 2.62. The highest BCUT2D eigenvalue weighted by Gasteiger charge is 2.63. The van der Waals surface area contributed by atoms with E-state index in [1.54, 1.807) is 0 Å². The van der Waals surface area contributed by atoms with Crippen molar-refractivity contribution in [3.05, 3.63) is 70.5 Å². The van der Waals surface area contributed by atoms with Crippen LogP contribution < -0.4 is 0 Å². The average Bonchev–Trinajstić information content (AvgIpc) is 2.94. The number of halogens is 5. The fraction of sp³-hybridized carbons (Fsp3) is 0.176. The Kier molecular flexibility index (Phi) is 4.49. The van der Waals surface area contributed by atoms with Crippen molar-refractivity contribution >= 4 is 23.2 Å². The highest BCUT2D eigenvalue weighted by molar-refractivity contribution is 6.30. The van der Waals surface area contributed by atoms with Gasteiger partial charge in [-0.3, -0.25) is 4.79 Å². The summed E-state index contributed by atoms with van der Waals surface area (Å²) in [6.07, 6.45) is -6.12. The Morgan fingerprint density at radius 2 is 1.69 bits per heavy atom. The second-order valence-corrected chi connectivity index (χ2v) is 6.11. The van der Waals surface area contributed by atoms with Crippen LogP contribution in [-0.2, 0) is 0 Å². The summed E-state index contributed by atoms with van der Waals surface area (Å²) in [4.78, 5) is 12.5. The van der Waals surface area contributed by atoms with E-state index in [9.17, 15) is 27.5 Å². The number of carbonyl (C=O) groups excluding carboxylic acids is 1. The molecule has 1 aliphatic heterocycles. The van der Waals surface area contributed by atoms with E-state index < -0.39 is 30.0 Å². The van der Waals surface area contributed by atoms with Crippen molar-refractivity contribution in [1.29, 1.82) is 0 Å². The zero-order valence-corrected chi connectivity index (χ0v) is 13.7. The summed E-state index contributed by atoms with van der Waals surface area (Å²) in [6.45, 7) is 0. The first-order chi connectivity index (χ1) is 12.1. The van der Waals surface area contributed by atoms with Gasteiger partial charge in [0.05, 0.1) is 12.1 Å². The van der Waals surface area contributed by atoms with E-state index >= 15 is 0 Å². The van der Waals surface area contributed by atoms with Crippen LogP contribution >= 0.6 is 11.6 Å². The number of benzene rings is 2. The molecule has 0 aromatic heterocycles. The smallest absolute Gasteiger partial charge is 0.362 e. The van der Waals surface area contributed by atoms with Crippen molar-refractivity contribution in [3.8, 4) is 0 Å². The van der Waals surface area contributed by atoms with Crippen LogP contribution in [0.15, 0.2) is 53.6 Å². The van der Waals surface area contributed by atoms with Gasteiger partial charge in [0.1, 0.15) is 5.82 Å². The number of hydrogen-bond donors (Lipinski definition) is 1. The molecule has 9 heteroatoms. The zero-order valence-electron chi connectivity index (χ0n) is 13.0. The van der Waals surface area contributed by atoms with Crippen molar-refractivity contribution in [2.24, 2.45) is 5.10 Å². The van der Waals surface area contributed by atoms with E-state index in [0.29, 0.717) is 5.02 Å². The molecule has 136 valence electrons. The molecule has 2 aromatic carbocycles. The highest BCUT2D eigenvalue weighted by Crippen LogP contribution is 2.42. The predicted octanol–water partition coefficient (Wildman–Crippen LogP) is 3.98. The summed E-state index contributed by atoms with van der Waals surface area (Å²) in [5.74, 6) is -1.72. The van der Waals surface area contributed by atoms with Crippen LogP contribution in [0.4, 0.5) is 17.6 Å². The maximum atomic E-state index is 13.5. The molecule has 26 heavy (non-hydrogen) atoms. The number of amides is 1. The van der Waals surface area contributed by atoms with Crippen LogP contribution in [0.25, 0.3) is 0 Å². The third-order valence-electron chi connectivity index (χ3n) is 3.90. The zero-order chi connectivity index (χ0) is 19.1. The first-order valence-corrected chi connectivity index (χ1v) is 7.72. The van der Waals surface area contributed by atoms with Gasteiger partial charge in [-0.15, -0.1) is 0 Å². The molecule has 1 aliphatic rings. The number of nitrogens with zero attached hydrogens (tertiary/aromatic N) is 2. The van der Waals surface area contributed by atoms with Crippen LogP contribution in [-0.4, -0.2) is 33.6 Å². The van der Waals surface area contributed by atoms with Crippen LogP contribution in [0, 0.1) is 5.82 Å². The highest BCUT2D eigenvalue weighted by atomic mass is 35.5. The molecule has 0 radical (unpaired) electrons. The molecule has 0 bridgehead atoms. The van der Waals surface area contributed by atoms with Gasteiger partial charge in [-0.25, -0.2) is 4.39 Å². The molecule has 0 fully saturated rings. The van der Waals surface area contributed by atoms with Crippen molar-refractivity contribution in [2.45, 2.75) is 18.3 Å². The van der Waals surface area contributed by atoms with Gasteiger partial charge in [-0.1, -0.05) is 23.7 Å². The minimum Gasteiger partial charge on any atom is -0.362 e. The number of hydrazone groups is 1. The van der Waals surface area contributed by atoms with Gasteiger partial charge in [-0.05, 0) is 42.0 Å². The van der Waals surface area contributed by atoms with E-state index in [4.69, 9.17) is 11.6 Å². The van der Waals surface area contributed by atoms with E-state index in [2.05, 4.69) is 5.10 Å². The van der Waals surface area contributed by atoms with Crippen molar-refractivity contribution < 1.29 is 27.5 Å². The Morgan fingerprint density at radius 3 is 2.23 bits per heavy atom. The number of hydrogen-bond acceptors (Lipinski definition) is 3.